The number of fused-ring (bicyclic) bond motifs is 1. The van der Waals surface area contributed by atoms with Crippen LogP contribution in [0.1, 0.15) is 31.2 Å². The molecule has 1 aliphatic heterocycles. The highest BCUT2D eigenvalue weighted by Crippen LogP contribution is 2.25. The first-order valence-corrected chi connectivity index (χ1v) is 12.3. The smallest absolute Gasteiger partial charge is 0.408 e. The Kier molecular flexibility index (Phi) is 6.41. The van der Waals surface area contributed by atoms with Gasteiger partial charge in [-0.2, -0.15) is 4.31 Å². The molecule has 3 aromatic rings. The Hall–Kier alpha value is -2.62. The van der Waals surface area contributed by atoms with Crippen molar-refractivity contribution in [3.63, 3.8) is 0 Å². The predicted octanol–water partition coefficient (Wildman–Crippen LogP) is 3.76. The largest absolute Gasteiger partial charge is 0.420 e. The molecule has 10 heteroatoms. The number of aromatic nitrogens is 1. The summed E-state index contributed by atoms with van der Waals surface area (Å²) in [6.07, 6.45) is 3.68. The van der Waals surface area contributed by atoms with E-state index in [1.165, 1.54) is 27.1 Å². The van der Waals surface area contributed by atoms with E-state index in [0.29, 0.717) is 29.3 Å². The summed E-state index contributed by atoms with van der Waals surface area (Å²) >= 11 is 6.09. The Labute approximate surface area is 190 Å². The highest BCUT2D eigenvalue weighted by Gasteiger charge is 2.26. The summed E-state index contributed by atoms with van der Waals surface area (Å²) in [5, 5.41) is 3.26. The number of nitrogens with one attached hydrogen (secondary N) is 1. The van der Waals surface area contributed by atoms with Crippen molar-refractivity contribution in [2.75, 3.05) is 18.4 Å². The fourth-order valence-electron chi connectivity index (χ4n) is 3.86. The lowest BCUT2D eigenvalue weighted by Gasteiger charge is -2.19. The molecule has 1 N–H and O–H groups in total. The maximum Gasteiger partial charge on any atom is 0.420 e. The summed E-state index contributed by atoms with van der Waals surface area (Å²) in [5.74, 6) is -1.16. The molecule has 0 unspecified atom stereocenters. The van der Waals surface area contributed by atoms with E-state index >= 15 is 0 Å². The molecule has 0 saturated carbocycles. The molecule has 2 aromatic carbocycles. The lowest BCUT2D eigenvalue weighted by molar-refractivity contribution is -0.116. The van der Waals surface area contributed by atoms with E-state index in [4.69, 9.17) is 16.0 Å². The monoisotopic (exact) mass is 477 g/mol. The number of nitrogens with zero attached hydrogens (tertiary/aromatic N) is 2. The quantitative estimate of drug-likeness (QED) is 0.602. The summed E-state index contributed by atoms with van der Waals surface area (Å²) in [4.78, 5) is 25.0. The van der Waals surface area contributed by atoms with Crippen LogP contribution in [0.4, 0.5) is 5.69 Å². The second kappa shape index (κ2) is 9.09. The van der Waals surface area contributed by atoms with Gasteiger partial charge in [0.25, 0.3) is 0 Å². The van der Waals surface area contributed by atoms with Crippen LogP contribution in [0.25, 0.3) is 11.1 Å². The van der Waals surface area contributed by atoms with Crippen LogP contribution in [0, 0.1) is 6.92 Å². The average molecular weight is 478 g/mol. The molecule has 1 aromatic heterocycles. The predicted molar refractivity (Wildman–Crippen MR) is 123 cm³/mol. The van der Waals surface area contributed by atoms with E-state index in [9.17, 15) is 18.0 Å². The van der Waals surface area contributed by atoms with E-state index in [0.717, 1.165) is 31.2 Å². The van der Waals surface area contributed by atoms with Crippen molar-refractivity contribution in [3.05, 3.63) is 57.5 Å². The van der Waals surface area contributed by atoms with E-state index in [2.05, 4.69) is 5.32 Å². The average Bonchev–Trinajstić information content (AvgIpc) is 2.93. The van der Waals surface area contributed by atoms with Gasteiger partial charge in [0.1, 0.15) is 6.54 Å². The molecule has 1 amide bonds. The van der Waals surface area contributed by atoms with Crippen molar-refractivity contribution in [3.8, 4) is 0 Å². The third-order valence-corrected chi connectivity index (χ3v) is 7.99. The first kappa shape index (κ1) is 22.6. The van der Waals surface area contributed by atoms with E-state index in [1.54, 1.807) is 25.1 Å². The number of hydrogen-bond donors (Lipinski definition) is 1. The number of oxazole rings is 1. The lowest BCUT2D eigenvalue weighted by Crippen LogP contribution is -2.31. The Bertz CT molecular complexity index is 1320. The molecule has 32 heavy (non-hydrogen) atoms. The number of carbonyl (C=O) groups excluding carboxylic acids is 1. The van der Waals surface area contributed by atoms with Crippen LogP contribution in [-0.4, -0.2) is 36.3 Å². The van der Waals surface area contributed by atoms with Gasteiger partial charge in [0.05, 0.1) is 10.4 Å². The fourth-order valence-corrected chi connectivity index (χ4v) is 5.57. The van der Waals surface area contributed by atoms with Gasteiger partial charge in [0, 0.05) is 29.9 Å². The molecule has 0 radical (unpaired) electrons. The normalized spacial score (nSPS) is 15.6. The second-order valence-corrected chi connectivity index (χ2v) is 10.2. The van der Waals surface area contributed by atoms with Gasteiger partial charge in [0.2, 0.25) is 15.9 Å². The molecule has 4 rings (SSSR count). The van der Waals surface area contributed by atoms with Crippen molar-refractivity contribution in [2.24, 2.45) is 0 Å². The Morgan fingerprint density at radius 3 is 2.56 bits per heavy atom. The molecule has 0 bridgehead atoms. The topological polar surface area (TPSA) is 102 Å². The van der Waals surface area contributed by atoms with Gasteiger partial charge in [-0.3, -0.25) is 9.36 Å². The molecule has 1 saturated heterocycles. The van der Waals surface area contributed by atoms with Crippen LogP contribution in [0.2, 0.25) is 5.02 Å². The molecule has 1 aliphatic rings. The zero-order valence-electron chi connectivity index (χ0n) is 17.6. The molecule has 2 heterocycles. The fraction of sp³-hybridized carbons (Fsp3) is 0.364. The molecule has 170 valence electrons. The van der Waals surface area contributed by atoms with Gasteiger partial charge in [-0.25, -0.2) is 13.2 Å². The Morgan fingerprint density at radius 2 is 1.84 bits per heavy atom. The minimum absolute atomic E-state index is 0.0757. The number of sulfonamides is 1. The zero-order valence-corrected chi connectivity index (χ0v) is 19.2. The summed E-state index contributed by atoms with van der Waals surface area (Å²) in [6.45, 7) is 2.46. The molecule has 0 spiro atoms. The van der Waals surface area contributed by atoms with Crippen molar-refractivity contribution in [2.45, 2.75) is 44.0 Å². The first-order chi connectivity index (χ1) is 15.3. The summed E-state index contributed by atoms with van der Waals surface area (Å²) in [5.41, 5.74) is 1.74. The zero-order chi connectivity index (χ0) is 22.9. The van der Waals surface area contributed by atoms with Crippen LogP contribution in [-0.2, 0) is 21.4 Å². The molecular formula is C22H24ClN3O5S. The van der Waals surface area contributed by atoms with Crippen molar-refractivity contribution < 1.29 is 17.6 Å². The van der Waals surface area contributed by atoms with Crippen LogP contribution >= 0.6 is 11.6 Å². The third kappa shape index (κ3) is 4.46. The van der Waals surface area contributed by atoms with Crippen LogP contribution < -0.4 is 11.1 Å². The second-order valence-electron chi connectivity index (χ2n) is 7.86. The highest BCUT2D eigenvalue weighted by molar-refractivity contribution is 7.89. The van der Waals surface area contributed by atoms with Gasteiger partial charge < -0.3 is 9.73 Å². The maximum absolute atomic E-state index is 13.0. The van der Waals surface area contributed by atoms with E-state index in [-0.39, 0.29) is 17.0 Å². The highest BCUT2D eigenvalue weighted by atomic mass is 35.5. The summed E-state index contributed by atoms with van der Waals surface area (Å²) in [6, 6.07) is 9.46. The first-order valence-electron chi connectivity index (χ1n) is 10.5. The van der Waals surface area contributed by atoms with Gasteiger partial charge in [0.15, 0.2) is 5.58 Å². The van der Waals surface area contributed by atoms with Crippen molar-refractivity contribution >= 4 is 44.3 Å². The van der Waals surface area contributed by atoms with Crippen LogP contribution in [0.15, 0.2) is 50.5 Å². The third-order valence-electron chi connectivity index (χ3n) is 5.69. The van der Waals surface area contributed by atoms with Gasteiger partial charge >= 0.3 is 5.76 Å². The summed E-state index contributed by atoms with van der Waals surface area (Å²) in [7, 11) is -3.68. The van der Waals surface area contributed by atoms with Crippen molar-refractivity contribution in [1.29, 1.82) is 0 Å². The molecule has 1 fully saturated rings. The number of amides is 1. The van der Waals surface area contributed by atoms with Crippen LogP contribution in [0.5, 0.6) is 0 Å². The standard InChI is InChI=1S/C22H24ClN3O5S/c1-15-17(23)7-6-8-18(15)24-21(27)14-26-19-10-9-16(13-20(19)31-22(26)28)32(29,30)25-11-4-2-3-5-12-25/h6-10,13H,2-5,11-12,14H2,1H3,(H,24,27). The maximum atomic E-state index is 13.0. The number of anilines is 1. The van der Waals surface area contributed by atoms with Crippen molar-refractivity contribution in [1.82, 2.24) is 8.87 Å². The van der Waals surface area contributed by atoms with Gasteiger partial charge in [-0.15, -0.1) is 0 Å². The minimum atomic E-state index is -3.68. The van der Waals surface area contributed by atoms with Gasteiger partial charge in [-0.05, 0) is 49.6 Å². The SMILES string of the molecule is Cc1c(Cl)cccc1NC(=O)Cn1c(=O)oc2cc(S(=O)(=O)N3CCCCCC3)ccc21. The Balaban J connectivity index is 1.59. The van der Waals surface area contributed by atoms with Crippen LogP contribution in [0.3, 0.4) is 0 Å². The minimum Gasteiger partial charge on any atom is -0.408 e. The number of carbonyl (C=O) groups is 1. The number of benzene rings is 2. The molecule has 0 aliphatic carbocycles. The lowest BCUT2D eigenvalue weighted by atomic mass is 10.2. The number of halogens is 1. The molecule has 8 nitrogen and oxygen atoms in total. The molecular weight excluding hydrogens is 454 g/mol. The van der Waals surface area contributed by atoms with E-state index in [1.807, 2.05) is 0 Å². The summed E-state index contributed by atoms with van der Waals surface area (Å²) < 4.78 is 34.0. The van der Waals surface area contributed by atoms with Gasteiger partial charge in [-0.1, -0.05) is 30.5 Å². The number of hydrogen-bond acceptors (Lipinski definition) is 5. The van der Waals surface area contributed by atoms with E-state index < -0.39 is 21.7 Å². The molecule has 0 atom stereocenters. The number of rotatable bonds is 5. The Morgan fingerprint density at radius 1 is 1.12 bits per heavy atom.